The van der Waals surface area contributed by atoms with E-state index >= 15 is 17.6 Å². The Balaban J connectivity index is 0.959. The molecule has 16 nitrogen and oxygen atoms in total. The molecule has 0 radical (unpaired) electrons. The van der Waals surface area contributed by atoms with Gasteiger partial charge in [-0.25, -0.2) is 37.1 Å². The molecule has 76 heavy (non-hydrogen) atoms. The number of imidazole rings is 2. The normalized spacial score (nSPS) is 26.2. The number of nitrogens with zero attached hydrogens (tertiary/aromatic N) is 6. The first-order chi connectivity index (χ1) is 36.5. The monoisotopic (exact) mass is 1050 g/mol. The fourth-order valence-electron chi connectivity index (χ4n) is 14.2. The number of carbonyl (C=O) groups is 4. The van der Waals surface area contributed by atoms with E-state index in [0.29, 0.717) is 59.6 Å². The number of anilines is 2. The number of likely N-dealkylation sites (tertiary alicyclic amines) is 2. The number of carbonyl (C=O) groups excluding carboxylic acids is 3. The summed E-state index contributed by atoms with van der Waals surface area (Å²) in [6.07, 6.45) is 7.63. The number of carboxylic acid groups (broad SMARTS) is 1. The molecule has 2 aliphatic carbocycles. The van der Waals surface area contributed by atoms with Gasteiger partial charge >= 0.3 is 12.2 Å². The quantitative estimate of drug-likeness (QED) is 0.0751. The summed E-state index contributed by atoms with van der Waals surface area (Å²) in [6, 6.07) is 3.79. The molecule has 0 bridgehead atoms. The number of amides is 4. The van der Waals surface area contributed by atoms with Gasteiger partial charge in [-0.05, 0) is 131 Å². The molecule has 2 saturated carbocycles. The lowest BCUT2D eigenvalue weighted by Gasteiger charge is -2.35. The smallest absolute Gasteiger partial charge is 0.407 e. The molecule has 6 fully saturated rings. The first-order valence-electron chi connectivity index (χ1n) is 27.4. The molecule has 0 spiro atoms. The van der Waals surface area contributed by atoms with Crippen LogP contribution in [0.3, 0.4) is 0 Å². The number of fused-ring (bicyclic) bond motifs is 4. The molecule has 4 saturated heterocycles. The van der Waals surface area contributed by atoms with Crippen LogP contribution in [0.5, 0.6) is 0 Å². The number of methoxy groups -OCH3 is 1. The molecule has 6 aliphatic rings. The lowest BCUT2D eigenvalue weighted by Crippen LogP contribution is -2.53. The number of H-pyrrole nitrogens is 2. The fraction of sp³-hybridized carbons (Fsp3) is 0.571. The molecule has 5 aromatic rings. The number of hydrogen-bond acceptors (Lipinski definition) is 9. The van der Waals surface area contributed by atoms with E-state index in [1.54, 1.807) is 40.7 Å². The summed E-state index contributed by atoms with van der Waals surface area (Å²) in [7, 11) is 1.25. The number of nitrogens with one attached hydrogen (secondary N) is 4. The van der Waals surface area contributed by atoms with Crippen molar-refractivity contribution in [3.8, 4) is 0 Å². The number of rotatable bonds is 12. The highest BCUT2D eigenvalue weighted by Crippen LogP contribution is 2.52. The van der Waals surface area contributed by atoms with Crippen LogP contribution in [0.25, 0.3) is 22.1 Å². The van der Waals surface area contributed by atoms with Crippen LogP contribution in [-0.4, -0.2) is 103 Å². The predicted molar refractivity (Wildman–Crippen MR) is 276 cm³/mol. The number of aromatic nitrogens is 4. The van der Waals surface area contributed by atoms with Gasteiger partial charge < -0.3 is 50.0 Å². The number of ether oxygens (including phenoxy) is 1. The van der Waals surface area contributed by atoms with Crippen LogP contribution in [0.4, 0.5) is 38.5 Å². The van der Waals surface area contributed by atoms with Crippen molar-refractivity contribution in [2.24, 2.45) is 23.7 Å². The van der Waals surface area contributed by atoms with E-state index in [1.807, 2.05) is 18.7 Å². The molecule has 4 amide bonds. The number of piperidine rings is 1. The highest BCUT2D eigenvalue weighted by atomic mass is 19.1. The minimum atomic E-state index is -1.29. The van der Waals surface area contributed by atoms with Crippen LogP contribution in [0.2, 0.25) is 0 Å². The third-order valence-electron chi connectivity index (χ3n) is 17.7. The number of benzene rings is 3. The van der Waals surface area contributed by atoms with Gasteiger partial charge in [-0.2, -0.15) is 0 Å². The molecular weight excluding hydrogens is 985 g/mol. The van der Waals surface area contributed by atoms with Crippen LogP contribution in [0.15, 0.2) is 36.4 Å². The molecular formula is C56H68F4N10O6. The van der Waals surface area contributed by atoms with Crippen molar-refractivity contribution in [3.63, 3.8) is 0 Å². The zero-order valence-corrected chi connectivity index (χ0v) is 43.7. The van der Waals surface area contributed by atoms with Gasteiger partial charge in [0.1, 0.15) is 41.1 Å². The van der Waals surface area contributed by atoms with Crippen molar-refractivity contribution in [1.82, 2.24) is 40.4 Å². The van der Waals surface area contributed by atoms with Gasteiger partial charge in [0.2, 0.25) is 11.8 Å². The van der Waals surface area contributed by atoms with E-state index in [9.17, 15) is 24.3 Å². The number of aromatic amines is 2. The third kappa shape index (κ3) is 9.13. The highest BCUT2D eigenvalue weighted by Gasteiger charge is 2.51. The number of halogens is 4. The zero-order valence-electron chi connectivity index (χ0n) is 43.7. The molecule has 0 unspecified atom stereocenters. The van der Waals surface area contributed by atoms with Crippen LogP contribution >= 0.6 is 0 Å². The Kier molecular flexibility index (Phi) is 13.8. The Labute approximate surface area is 438 Å². The summed E-state index contributed by atoms with van der Waals surface area (Å²) >= 11 is 0. The van der Waals surface area contributed by atoms with Crippen LogP contribution in [-0.2, 0) is 14.3 Å². The van der Waals surface area contributed by atoms with E-state index in [1.165, 1.54) is 31.4 Å². The van der Waals surface area contributed by atoms with Gasteiger partial charge in [0.25, 0.3) is 0 Å². The number of hydrogen-bond donors (Lipinski definition) is 5. The van der Waals surface area contributed by atoms with Gasteiger partial charge in [0, 0.05) is 42.0 Å². The van der Waals surface area contributed by atoms with Gasteiger partial charge in [-0.1, -0.05) is 40.5 Å². The Bertz CT molecular complexity index is 3050. The topological polar surface area (TPSA) is 192 Å². The average Bonchev–Trinajstić information content (AvgIpc) is 4.26. The van der Waals surface area contributed by atoms with Gasteiger partial charge in [-0.15, -0.1) is 0 Å². The van der Waals surface area contributed by atoms with Crippen LogP contribution in [0.1, 0.15) is 158 Å². The summed E-state index contributed by atoms with van der Waals surface area (Å²) in [5.41, 5.74) is 1.97. The summed E-state index contributed by atoms with van der Waals surface area (Å²) in [5.74, 6) is -2.59. The van der Waals surface area contributed by atoms with Gasteiger partial charge in [0.15, 0.2) is 11.6 Å². The van der Waals surface area contributed by atoms with Gasteiger partial charge in [-0.3, -0.25) is 9.59 Å². The van der Waals surface area contributed by atoms with Crippen molar-refractivity contribution >= 4 is 57.4 Å². The lowest BCUT2D eigenvalue weighted by atomic mass is 10.0. The minimum absolute atomic E-state index is 0.0655. The average molecular weight is 1050 g/mol. The minimum Gasteiger partial charge on any atom is -0.465 e. The molecule has 11 rings (SSSR count). The summed E-state index contributed by atoms with van der Waals surface area (Å²) < 4.78 is 72.1. The first kappa shape index (κ1) is 51.5. The second-order valence-electron chi connectivity index (χ2n) is 22.9. The van der Waals surface area contributed by atoms with E-state index in [2.05, 4.69) is 20.6 Å². The SMILES string of the molecule is COC(=O)N[C@H](C(=O)N1[C@H](c2nc3cc([C@H]4CC[C@H](c5cc6nc([C@@H]7C[C@@H]8CCC[C@@H]8N7C(=O)[C@@H](NC(=O)O)C(C)C)[nH]c6cc5F)N4c4cc(F)c(N5CCCCC5)c(F)c4)c(F)cc3[nH]2)C[C@@H]2CCC[C@@H]21)C(C)C. The van der Waals surface area contributed by atoms with E-state index in [0.717, 1.165) is 57.8 Å². The largest absolute Gasteiger partial charge is 0.465 e. The maximum atomic E-state index is 17.1. The van der Waals surface area contributed by atoms with Crippen molar-refractivity contribution in [2.75, 3.05) is 30.0 Å². The standard InChI is InChI=1S/C56H68F4N10O6/c1-27(2)48(65-55(73)74)53(71)69-42-13-9-11-29(42)19-46(69)51-61-38-23-32(34(57)25-40(38)63-51)44-15-16-45(68(44)31-21-36(59)50(37(60)22-31)67-17-7-6-8-18-67)33-24-39-41(26-35(33)58)64-52(62-39)47-20-30-12-10-14-43(30)70(47)54(72)49(28(3)4)66-56(75)76-5/h21-30,42-49,65H,6-20H2,1-5H3,(H,61,63)(H,62,64)(H,66,75)(H,73,74)/t29-,30-,42-,43-,44+,45+,46-,47-,48-,49-/m0/s1. The number of alkyl carbamates (subject to hydrolysis) is 1. The Morgan fingerprint density at radius 1 is 0.618 bits per heavy atom. The maximum absolute atomic E-state index is 17.1. The Morgan fingerprint density at radius 3 is 1.54 bits per heavy atom. The second-order valence-corrected chi connectivity index (χ2v) is 22.9. The highest BCUT2D eigenvalue weighted by molar-refractivity contribution is 5.88. The van der Waals surface area contributed by atoms with Crippen LogP contribution in [0, 0.1) is 46.9 Å². The van der Waals surface area contributed by atoms with Crippen molar-refractivity contribution in [1.29, 1.82) is 0 Å². The van der Waals surface area contributed by atoms with Crippen molar-refractivity contribution in [2.45, 2.75) is 160 Å². The van der Waals surface area contributed by atoms with E-state index < -0.39 is 71.7 Å². The predicted octanol–water partition coefficient (Wildman–Crippen LogP) is 10.6. The van der Waals surface area contributed by atoms with Crippen molar-refractivity contribution in [3.05, 3.63) is 82.4 Å². The first-order valence-corrected chi connectivity index (χ1v) is 27.4. The lowest BCUT2D eigenvalue weighted by molar-refractivity contribution is -0.138. The summed E-state index contributed by atoms with van der Waals surface area (Å²) in [6.45, 7) is 8.30. The maximum Gasteiger partial charge on any atom is 0.407 e. The molecule has 6 heterocycles. The Morgan fingerprint density at radius 2 is 1.09 bits per heavy atom. The molecule has 3 aromatic carbocycles. The zero-order chi connectivity index (χ0) is 53.4. The van der Waals surface area contributed by atoms with E-state index in [4.69, 9.17) is 14.7 Å². The summed E-state index contributed by atoms with van der Waals surface area (Å²) in [4.78, 5) is 76.7. The van der Waals surface area contributed by atoms with E-state index in [-0.39, 0.29) is 82.9 Å². The fourth-order valence-corrected chi connectivity index (χ4v) is 14.2. The molecule has 4 aliphatic heterocycles. The molecule has 2 aromatic heterocycles. The Hall–Kier alpha value is -6.60. The van der Waals surface area contributed by atoms with Crippen LogP contribution < -0.4 is 20.4 Å². The summed E-state index contributed by atoms with van der Waals surface area (Å²) in [5, 5.41) is 14.8. The molecule has 10 atom stereocenters. The second kappa shape index (κ2) is 20.4. The third-order valence-corrected chi connectivity index (χ3v) is 17.7. The molecule has 5 N–H and O–H groups in total. The molecule has 20 heteroatoms. The van der Waals surface area contributed by atoms with Crippen molar-refractivity contribution < 1.29 is 46.6 Å². The van der Waals surface area contributed by atoms with Gasteiger partial charge in [0.05, 0.1) is 53.3 Å². The molecule has 406 valence electrons.